The standard InChI is InChI=1S/C20H14F4N4O4S/c1-27-16(30)15-10(7-32-17(15)28(2)19(27)31)5-14(29)26-18-25-13(8-33-18)9-3-11(20(22,23)24)6-12(21)4-9/h3-4,6-8H,5H2,1-2H3,(H,25,26,29). The number of carbonyl (C=O) groups is 1. The monoisotopic (exact) mass is 482 g/mol. The molecule has 4 aromatic rings. The maximum Gasteiger partial charge on any atom is 0.416 e. The van der Waals surface area contributed by atoms with Gasteiger partial charge in [-0.25, -0.2) is 14.2 Å². The number of halogens is 4. The van der Waals surface area contributed by atoms with E-state index < -0.39 is 34.7 Å². The van der Waals surface area contributed by atoms with Crippen molar-refractivity contribution >= 4 is 33.5 Å². The molecule has 8 nitrogen and oxygen atoms in total. The number of aromatic nitrogens is 3. The molecule has 0 aliphatic rings. The van der Waals surface area contributed by atoms with Crippen LogP contribution in [0.25, 0.3) is 22.4 Å². The number of carbonyl (C=O) groups excluding carboxylic acids is 1. The van der Waals surface area contributed by atoms with Crippen molar-refractivity contribution in [2.75, 3.05) is 5.32 Å². The minimum absolute atomic E-state index is 0.0222. The van der Waals surface area contributed by atoms with E-state index in [4.69, 9.17) is 4.42 Å². The number of thiazole rings is 1. The number of nitrogens with one attached hydrogen (secondary N) is 1. The third-order valence-electron chi connectivity index (χ3n) is 4.87. The number of aryl methyl sites for hydroxylation is 1. The highest BCUT2D eigenvalue weighted by molar-refractivity contribution is 7.14. The molecule has 33 heavy (non-hydrogen) atoms. The van der Waals surface area contributed by atoms with Crippen LogP contribution in [0, 0.1) is 5.82 Å². The van der Waals surface area contributed by atoms with Crippen LogP contribution in [0.5, 0.6) is 0 Å². The molecule has 1 amide bonds. The van der Waals surface area contributed by atoms with Gasteiger partial charge in [0.25, 0.3) is 5.56 Å². The molecule has 0 unspecified atom stereocenters. The number of nitrogens with zero attached hydrogens (tertiary/aromatic N) is 3. The first-order valence-corrected chi connectivity index (χ1v) is 10.1. The molecule has 0 spiro atoms. The largest absolute Gasteiger partial charge is 0.447 e. The summed E-state index contributed by atoms with van der Waals surface area (Å²) < 4.78 is 59.8. The Morgan fingerprint density at radius 3 is 2.61 bits per heavy atom. The Kier molecular flexibility index (Phi) is 5.44. The molecule has 0 bridgehead atoms. The Hall–Kier alpha value is -3.74. The van der Waals surface area contributed by atoms with Crippen LogP contribution in [-0.2, 0) is 31.5 Å². The van der Waals surface area contributed by atoms with Gasteiger partial charge in [-0.05, 0) is 18.2 Å². The van der Waals surface area contributed by atoms with Crippen molar-refractivity contribution < 1.29 is 26.8 Å². The first kappa shape index (κ1) is 22.5. The van der Waals surface area contributed by atoms with Gasteiger partial charge in [0.2, 0.25) is 11.6 Å². The minimum Gasteiger partial charge on any atom is -0.447 e. The summed E-state index contributed by atoms with van der Waals surface area (Å²) in [6.07, 6.45) is -3.81. The van der Waals surface area contributed by atoms with Crippen LogP contribution in [0.3, 0.4) is 0 Å². The van der Waals surface area contributed by atoms with Crippen molar-refractivity contribution in [1.82, 2.24) is 14.1 Å². The lowest BCUT2D eigenvalue weighted by Crippen LogP contribution is -2.36. The molecule has 1 aromatic carbocycles. The van der Waals surface area contributed by atoms with Crippen molar-refractivity contribution in [2.24, 2.45) is 14.1 Å². The van der Waals surface area contributed by atoms with E-state index in [9.17, 15) is 31.9 Å². The van der Waals surface area contributed by atoms with Gasteiger partial charge in [-0.3, -0.25) is 18.7 Å². The molecule has 0 radical (unpaired) electrons. The Morgan fingerprint density at radius 2 is 1.91 bits per heavy atom. The molecule has 0 aliphatic carbocycles. The molecule has 0 fully saturated rings. The molecule has 4 rings (SSSR count). The summed E-state index contributed by atoms with van der Waals surface area (Å²) >= 11 is 0.937. The van der Waals surface area contributed by atoms with Crippen molar-refractivity contribution in [3.8, 4) is 11.3 Å². The molecule has 0 aliphatic heterocycles. The van der Waals surface area contributed by atoms with E-state index >= 15 is 0 Å². The normalized spacial score (nSPS) is 11.8. The van der Waals surface area contributed by atoms with E-state index in [0.29, 0.717) is 6.07 Å². The van der Waals surface area contributed by atoms with Crippen LogP contribution >= 0.6 is 11.3 Å². The first-order chi connectivity index (χ1) is 15.5. The molecule has 0 saturated carbocycles. The van der Waals surface area contributed by atoms with Gasteiger partial charge >= 0.3 is 11.9 Å². The fourth-order valence-corrected chi connectivity index (χ4v) is 3.99. The molecule has 0 atom stereocenters. The second-order valence-corrected chi connectivity index (χ2v) is 7.99. The van der Waals surface area contributed by atoms with Gasteiger partial charge in [0.15, 0.2) is 5.13 Å². The van der Waals surface area contributed by atoms with Gasteiger partial charge in [0.05, 0.1) is 23.9 Å². The number of alkyl halides is 3. The molecule has 3 heterocycles. The Bertz CT molecular complexity index is 1510. The summed E-state index contributed by atoms with van der Waals surface area (Å²) in [5.41, 5.74) is -2.13. The zero-order valence-electron chi connectivity index (χ0n) is 17.0. The minimum atomic E-state index is -4.72. The van der Waals surface area contributed by atoms with Gasteiger partial charge in [0, 0.05) is 30.6 Å². The predicted molar refractivity (Wildman–Crippen MR) is 112 cm³/mol. The van der Waals surface area contributed by atoms with Crippen LogP contribution in [0.4, 0.5) is 22.7 Å². The molecule has 172 valence electrons. The Morgan fingerprint density at radius 1 is 1.18 bits per heavy atom. The third-order valence-corrected chi connectivity index (χ3v) is 5.62. The fourth-order valence-electron chi connectivity index (χ4n) is 3.26. The fraction of sp³-hybridized carbons (Fsp3) is 0.200. The lowest BCUT2D eigenvalue weighted by molar-refractivity contribution is -0.137. The maximum atomic E-state index is 13.7. The number of hydrogen-bond acceptors (Lipinski definition) is 6. The number of fused-ring (bicyclic) bond motifs is 1. The highest BCUT2D eigenvalue weighted by atomic mass is 32.1. The zero-order chi connectivity index (χ0) is 24.1. The van der Waals surface area contributed by atoms with Crippen LogP contribution in [-0.4, -0.2) is 20.0 Å². The second-order valence-electron chi connectivity index (χ2n) is 7.14. The number of furan rings is 1. The van der Waals surface area contributed by atoms with Gasteiger partial charge in [0.1, 0.15) is 11.2 Å². The van der Waals surface area contributed by atoms with Crippen molar-refractivity contribution in [2.45, 2.75) is 12.6 Å². The van der Waals surface area contributed by atoms with E-state index in [-0.39, 0.29) is 39.5 Å². The topological polar surface area (TPSA) is 99.1 Å². The van der Waals surface area contributed by atoms with Gasteiger partial charge in [-0.1, -0.05) is 0 Å². The Balaban J connectivity index is 1.57. The van der Waals surface area contributed by atoms with E-state index in [1.54, 1.807) is 0 Å². The van der Waals surface area contributed by atoms with Crippen LogP contribution in [0.1, 0.15) is 11.1 Å². The molecular formula is C20H14F4N4O4S. The molecule has 1 N–H and O–H groups in total. The van der Waals surface area contributed by atoms with Gasteiger partial charge in [-0.2, -0.15) is 13.2 Å². The van der Waals surface area contributed by atoms with E-state index in [0.717, 1.165) is 32.6 Å². The second kappa shape index (κ2) is 7.99. The number of amides is 1. The first-order valence-electron chi connectivity index (χ1n) is 9.25. The average Bonchev–Trinajstić information content (AvgIpc) is 3.37. The lowest BCUT2D eigenvalue weighted by atomic mass is 10.1. The SMILES string of the molecule is Cn1c(=O)c2c(CC(=O)Nc3nc(-c4cc(F)cc(C(F)(F)F)c4)cs3)coc2n(C)c1=O. The average molecular weight is 482 g/mol. The number of anilines is 1. The molecule has 13 heteroatoms. The van der Waals surface area contributed by atoms with E-state index in [1.807, 2.05) is 0 Å². The summed E-state index contributed by atoms with van der Waals surface area (Å²) in [5.74, 6) is -1.65. The third kappa shape index (κ3) is 4.18. The predicted octanol–water partition coefficient (Wildman–Crippen LogP) is 3.29. The molecule has 3 aromatic heterocycles. The van der Waals surface area contributed by atoms with Crippen LogP contribution in [0.15, 0.2) is 43.8 Å². The summed E-state index contributed by atoms with van der Waals surface area (Å²) in [7, 11) is 2.72. The smallest absolute Gasteiger partial charge is 0.416 e. The highest BCUT2D eigenvalue weighted by Gasteiger charge is 2.31. The number of benzene rings is 1. The summed E-state index contributed by atoms with van der Waals surface area (Å²) in [4.78, 5) is 41.0. The van der Waals surface area contributed by atoms with E-state index in [1.165, 1.54) is 25.7 Å². The summed E-state index contributed by atoms with van der Waals surface area (Å²) in [6.45, 7) is 0. The zero-order valence-corrected chi connectivity index (χ0v) is 17.8. The van der Waals surface area contributed by atoms with Gasteiger partial charge < -0.3 is 9.73 Å². The van der Waals surface area contributed by atoms with E-state index in [2.05, 4.69) is 10.3 Å². The highest BCUT2D eigenvalue weighted by Crippen LogP contribution is 2.34. The Labute approximate surface area is 185 Å². The maximum absolute atomic E-state index is 13.7. The summed E-state index contributed by atoms with van der Waals surface area (Å²) in [5, 5.41) is 4.01. The number of hydrogen-bond donors (Lipinski definition) is 1. The van der Waals surface area contributed by atoms with Crippen LogP contribution < -0.4 is 16.6 Å². The van der Waals surface area contributed by atoms with Crippen LogP contribution in [0.2, 0.25) is 0 Å². The molecule has 0 saturated heterocycles. The lowest BCUT2D eigenvalue weighted by Gasteiger charge is -2.08. The molecular weight excluding hydrogens is 468 g/mol. The van der Waals surface area contributed by atoms with Crippen molar-refractivity contribution in [3.05, 3.63) is 67.6 Å². The quantitative estimate of drug-likeness (QED) is 0.450. The van der Waals surface area contributed by atoms with Gasteiger partial charge in [-0.15, -0.1) is 11.3 Å². The summed E-state index contributed by atoms with van der Waals surface area (Å²) in [6, 6.07) is 2.06. The van der Waals surface area contributed by atoms with Crippen molar-refractivity contribution in [3.63, 3.8) is 0 Å². The number of rotatable bonds is 4. The van der Waals surface area contributed by atoms with Crippen molar-refractivity contribution in [1.29, 1.82) is 0 Å².